The lowest BCUT2D eigenvalue weighted by Gasteiger charge is -2.08. The molecule has 0 bridgehead atoms. The summed E-state index contributed by atoms with van der Waals surface area (Å²) in [5.41, 5.74) is 1.58. The predicted molar refractivity (Wildman–Crippen MR) is 108 cm³/mol. The number of hydrogen-bond donors (Lipinski definition) is 2. The van der Waals surface area contributed by atoms with Crippen molar-refractivity contribution in [1.29, 1.82) is 0 Å². The summed E-state index contributed by atoms with van der Waals surface area (Å²) >= 11 is 0. The first-order chi connectivity index (χ1) is 13.7. The highest BCUT2D eigenvalue weighted by Crippen LogP contribution is 2.13. The van der Waals surface area contributed by atoms with E-state index < -0.39 is 10.0 Å². The monoisotopic (exact) mass is 412 g/mol. The van der Waals surface area contributed by atoms with Crippen LogP contribution in [0.3, 0.4) is 0 Å². The maximum Gasteiger partial charge on any atom is 0.256 e. The van der Waals surface area contributed by atoms with Gasteiger partial charge in [-0.05, 0) is 36.8 Å². The normalized spacial score (nSPS) is 11.2. The van der Waals surface area contributed by atoms with E-state index in [1.165, 1.54) is 31.2 Å². The van der Waals surface area contributed by atoms with Gasteiger partial charge >= 0.3 is 0 Å². The number of ketones is 1. The van der Waals surface area contributed by atoms with Crippen LogP contribution >= 0.6 is 0 Å². The number of sulfonamides is 1. The van der Waals surface area contributed by atoms with Crippen LogP contribution < -0.4 is 10.0 Å². The van der Waals surface area contributed by atoms with Crippen molar-refractivity contribution in [2.45, 2.75) is 18.4 Å². The molecule has 0 unspecified atom stereocenters. The van der Waals surface area contributed by atoms with Crippen LogP contribution in [0.2, 0.25) is 0 Å². The van der Waals surface area contributed by atoms with Crippen molar-refractivity contribution in [3.63, 3.8) is 0 Å². The molecule has 9 heteroatoms. The summed E-state index contributed by atoms with van der Waals surface area (Å²) in [6.07, 6.45) is 1.72. The predicted octanol–water partition coefficient (Wildman–Crippen LogP) is 2.35. The molecule has 1 amide bonds. The summed E-state index contributed by atoms with van der Waals surface area (Å²) in [6, 6.07) is 14.0. The minimum absolute atomic E-state index is 0.0684. The minimum atomic E-state index is -3.72. The molecule has 0 aliphatic rings. The van der Waals surface area contributed by atoms with E-state index in [1.54, 1.807) is 48.3 Å². The quantitative estimate of drug-likeness (QED) is 0.579. The fraction of sp³-hybridized carbons (Fsp3) is 0.150. The van der Waals surface area contributed by atoms with Crippen LogP contribution in [0, 0.1) is 0 Å². The maximum absolute atomic E-state index is 12.4. The van der Waals surface area contributed by atoms with Gasteiger partial charge in [-0.25, -0.2) is 13.1 Å². The lowest BCUT2D eigenvalue weighted by Crippen LogP contribution is -2.23. The highest BCUT2D eigenvalue weighted by atomic mass is 32.2. The summed E-state index contributed by atoms with van der Waals surface area (Å²) in [5.74, 6) is 0.0144. The Bertz CT molecular complexity index is 1130. The van der Waals surface area contributed by atoms with Crippen LogP contribution in [0.4, 0.5) is 5.82 Å². The molecule has 3 aromatic rings. The second kappa shape index (κ2) is 8.38. The number of nitrogens with one attached hydrogen (secondary N) is 2. The molecule has 0 spiro atoms. The van der Waals surface area contributed by atoms with E-state index in [-0.39, 0.29) is 23.1 Å². The molecule has 2 N–H and O–H groups in total. The van der Waals surface area contributed by atoms with Gasteiger partial charge in [0.2, 0.25) is 10.0 Å². The third-order valence-corrected chi connectivity index (χ3v) is 5.63. The number of aryl methyl sites for hydroxylation is 1. The number of amides is 1. The topological polar surface area (TPSA) is 110 Å². The van der Waals surface area contributed by atoms with Crippen molar-refractivity contribution >= 4 is 27.5 Å². The smallest absolute Gasteiger partial charge is 0.256 e. The van der Waals surface area contributed by atoms with Crippen molar-refractivity contribution in [3.05, 3.63) is 77.5 Å². The zero-order valence-electron chi connectivity index (χ0n) is 15.9. The van der Waals surface area contributed by atoms with E-state index in [0.717, 1.165) is 0 Å². The zero-order chi connectivity index (χ0) is 21.0. The van der Waals surface area contributed by atoms with E-state index in [2.05, 4.69) is 15.1 Å². The Hall–Kier alpha value is -3.30. The molecule has 0 radical (unpaired) electrons. The Morgan fingerprint density at radius 1 is 0.966 bits per heavy atom. The second-order valence-electron chi connectivity index (χ2n) is 6.43. The van der Waals surface area contributed by atoms with Gasteiger partial charge in [0.1, 0.15) is 0 Å². The number of carbonyl (C=O) groups excluding carboxylic acids is 2. The number of carbonyl (C=O) groups is 2. The number of nitrogens with zero attached hydrogens (tertiary/aromatic N) is 2. The first-order valence-electron chi connectivity index (χ1n) is 8.75. The van der Waals surface area contributed by atoms with Crippen molar-refractivity contribution in [1.82, 2.24) is 14.5 Å². The lowest BCUT2D eigenvalue weighted by molar-refractivity contribution is 0.101. The molecule has 0 aliphatic heterocycles. The van der Waals surface area contributed by atoms with Gasteiger partial charge in [-0.15, -0.1) is 0 Å². The minimum Gasteiger partial charge on any atom is -0.305 e. The molecule has 2 aromatic carbocycles. The molecular weight excluding hydrogens is 392 g/mol. The van der Waals surface area contributed by atoms with Crippen molar-refractivity contribution in [2.75, 3.05) is 5.32 Å². The summed E-state index contributed by atoms with van der Waals surface area (Å²) in [7, 11) is -1.96. The largest absolute Gasteiger partial charge is 0.305 e. The van der Waals surface area contributed by atoms with Gasteiger partial charge in [0.25, 0.3) is 5.91 Å². The molecule has 0 atom stereocenters. The first-order valence-corrected chi connectivity index (χ1v) is 10.2. The average Bonchev–Trinajstić information content (AvgIpc) is 3.11. The molecule has 8 nitrogen and oxygen atoms in total. The number of hydrogen-bond acceptors (Lipinski definition) is 5. The third-order valence-electron chi connectivity index (χ3n) is 4.21. The Labute approximate surface area is 168 Å². The van der Waals surface area contributed by atoms with Crippen LogP contribution in [0.25, 0.3) is 0 Å². The van der Waals surface area contributed by atoms with Gasteiger partial charge in [-0.2, -0.15) is 5.10 Å². The van der Waals surface area contributed by atoms with E-state index in [0.29, 0.717) is 22.5 Å². The molecular formula is C20H20N4O4S. The summed E-state index contributed by atoms with van der Waals surface area (Å²) < 4.78 is 28.9. The zero-order valence-corrected chi connectivity index (χ0v) is 16.7. The van der Waals surface area contributed by atoms with Crippen LogP contribution in [0.15, 0.2) is 65.7 Å². The SMILES string of the molecule is CC(=O)c1ccc(S(=O)(=O)NCc2ccc(C(=O)Nc3ccn(C)n3)cc2)cc1. The van der Waals surface area contributed by atoms with E-state index >= 15 is 0 Å². The number of Topliss-reactive ketones (excluding diaryl/α,β-unsaturated/α-hetero) is 1. The Morgan fingerprint density at radius 3 is 2.14 bits per heavy atom. The summed E-state index contributed by atoms with van der Waals surface area (Å²) in [4.78, 5) is 23.6. The van der Waals surface area contributed by atoms with E-state index in [4.69, 9.17) is 0 Å². The lowest BCUT2D eigenvalue weighted by atomic mass is 10.1. The van der Waals surface area contributed by atoms with Crippen LogP contribution in [-0.2, 0) is 23.6 Å². The van der Waals surface area contributed by atoms with Crippen molar-refractivity contribution < 1.29 is 18.0 Å². The summed E-state index contributed by atoms with van der Waals surface area (Å²) in [5, 5.41) is 6.77. The van der Waals surface area contributed by atoms with Crippen LogP contribution in [-0.4, -0.2) is 29.9 Å². The van der Waals surface area contributed by atoms with Gasteiger partial charge in [-0.3, -0.25) is 14.3 Å². The fourth-order valence-electron chi connectivity index (χ4n) is 2.57. The highest BCUT2D eigenvalue weighted by molar-refractivity contribution is 7.89. The van der Waals surface area contributed by atoms with Gasteiger partial charge in [0, 0.05) is 37.0 Å². The van der Waals surface area contributed by atoms with Gasteiger partial charge in [0.05, 0.1) is 4.90 Å². The molecule has 0 saturated carbocycles. The Balaban J connectivity index is 1.61. The maximum atomic E-state index is 12.4. The van der Waals surface area contributed by atoms with Gasteiger partial charge in [0.15, 0.2) is 11.6 Å². The number of aromatic nitrogens is 2. The highest BCUT2D eigenvalue weighted by Gasteiger charge is 2.14. The molecule has 150 valence electrons. The molecule has 3 rings (SSSR count). The van der Waals surface area contributed by atoms with E-state index in [1.807, 2.05) is 0 Å². The Morgan fingerprint density at radius 2 is 1.59 bits per heavy atom. The number of anilines is 1. The standard InChI is InChI=1S/C20H20N4O4S/c1-14(25)16-7-9-18(10-8-16)29(27,28)21-13-15-3-5-17(6-4-15)20(26)22-19-11-12-24(2)23-19/h3-12,21H,13H2,1-2H3,(H,22,23,26). The van der Waals surface area contributed by atoms with Crippen LogP contribution in [0.1, 0.15) is 33.2 Å². The van der Waals surface area contributed by atoms with Crippen molar-refractivity contribution in [2.24, 2.45) is 7.05 Å². The third kappa shape index (κ3) is 5.15. The number of rotatable bonds is 7. The second-order valence-corrected chi connectivity index (χ2v) is 8.20. The average molecular weight is 412 g/mol. The molecule has 0 aliphatic carbocycles. The molecule has 1 aromatic heterocycles. The molecule has 29 heavy (non-hydrogen) atoms. The van der Waals surface area contributed by atoms with Gasteiger partial charge in [-0.1, -0.05) is 24.3 Å². The van der Waals surface area contributed by atoms with Gasteiger partial charge < -0.3 is 5.32 Å². The fourth-order valence-corrected chi connectivity index (χ4v) is 3.59. The molecule has 0 fully saturated rings. The van der Waals surface area contributed by atoms with E-state index in [9.17, 15) is 18.0 Å². The summed E-state index contributed by atoms with van der Waals surface area (Å²) in [6.45, 7) is 1.49. The Kier molecular flexibility index (Phi) is 5.90. The van der Waals surface area contributed by atoms with Crippen molar-refractivity contribution in [3.8, 4) is 0 Å². The molecule has 0 saturated heterocycles. The number of benzene rings is 2. The van der Waals surface area contributed by atoms with Crippen LogP contribution in [0.5, 0.6) is 0 Å². The molecule has 1 heterocycles. The first kappa shape index (κ1) is 20.4.